The lowest BCUT2D eigenvalue weighted by Crippen LogP contribution is -2.47. The number of carbonyl (C=O) groups excluding carboxylic acids is 2. The van der Waals surface area contributed by atoms with Gasteiger partial charge in [-0.2, -0.15) is 5.10 Å². The van der Waals surface area contributed by atoms with Crippen molar-refractivity contribution in [3.8, 4) is 16.9 Å². The Labute approximate surface area is 237 Å². The second-order valence-electron chi connectivity index (χ2n) is 10.4. The van der Waals surface area contributed by atoms with Crippen LogP contribution in [-0.2, 0) is 4.79 Å². The standard InChI is InChI=1S/C30H24F5N5O2/c31-19-3-4-25(21(32)12-19)39-11-7-27(41)29(39)17-5-9-38(10-6-17)30(42)24-15-26(18-2-1-8-36-16-18)40(37-24)20-13-22(33)28(35)23(34)14-20/h1-4,8,12-17,29H,5-7,9-11H2. The molecule has 0 bridgehead atoms. The number of pyridine rings is 1. The van der Waals surface area contributed by atoms with E-state index in [0.717, 1.165) is 28.9 Å². The number of rotatable bonds is 5. The lowest BCUT2D eigenvalue weighted by atomic mass is 9.87. The molecule has 0 spiro atoms. The summed E-state index contributed by atoms with van der Waals surface area (Å²) in [6.45, 7) is 0.911. The molecule has 6 rings (SSSR count). The fraction of sp³-hybridized carbons (Fsp3) is 0.267. The summed E-state index contributed by atoms with van der Waals surface area (Å²) in [6, 6.07) is 9.10. The molecule has 2 fully saturated rings. The quantitative estimate of drug-likeness (QED) is 0.236. The molecule has 1 unspecified atom stereocenters. The van der Waals surface area contributed by atoms with Crippen molar-refractivity contribution < 1.29 is 31.5 Å². The van der Waals surface area contributed by atoms with Crippen molar-refractivity contribution in [1.82, 2.24) is 19.7 Å². The largest absolute Gasteiger partial charge is 0.358 e. The predicted octanol–water partition coefficient (Wildman–Crippen LogP) is 5.33. The van der Waals surface area contributed by atoms with Gasteiger partial charge in [-0.3, -0.25) is 14.6 Å². The highest BCUT2D eigenvalue weighted by Crippen LogP contribution is 2.35. The summed E-state index contributed by atoms with van der Waals surface area (Å²) in [7, 11) is 0. The fourth-order valence-electron chi connectivity index (χ4n) is 5.84. The van der Waals surface area contributed by atoms with E-state index < -0.39 is 41.0 Å². The molecule has 4 aromatic rings. The minimum Gasteiger partial charge on any atom is -0.358 e. The maximum absolute atomic E-state index is 14.6. The van der Waals surface area contributed by atoms with Gasteiger partial charge in [-0.05, 0) is 49.1 Å². The third-order valence-corrected chi connectivity index (χ3v) is 7.86. The number of nitrogens with zero attached hydrogens (tertiary/aromatic N) is 5. The molecule has 0 radical (unpaired) electrons. The van der Waals surface area contributed by atoms with Gasteiger partial charge in [0.2, 0.25) is 0 Å². The number of hydrogen-bond acceptors (Lipinski definition) is 5. The van der Waals surface area contributed by atoms with Gasteiger partial charge in [0.15, 0.2) is 28.9 Å². The number of benzene rings is 2. The molecule has 4 heterocycles. The monoisotopic (exact) mass is 581 g/mol. The third kappa shape index (κ3) is 5.01. The van der Waals surface area contributed by atoms with E-state index in [4.69, 9.17) is 0 Å². The van der Waals surface area contributed by atoms with E-state index in [1.807, 2.05) is 0 Å². The fourth-order valence-corrected chi connectivity index (χ4v) is 5.84. The first kappa shape index (κ1) is 27.6. The highest BCUT2D eigenvalue weighted by Gasteiger charge is 2.41. The summed E-state index contributed by atoms with van der Waals surface area (Å²) < 4.78 is 71.0. The maximum Gasteiger partial charge on any atom is 0.274 e. The van der Waals surface area contributed by atoms with Crippen LogP contribution in [0.3, 0.4) is 0 Å². The van der Waals surface area contributed by atoms with Crippen LogP contribution in [0.1, 0.15) is 29.8 Å². The summed E-state index contributed by atoms with van der Waals surface area (Å²) >= 11 is 0. The zero-order valence-electron chi connectivity index (χ0n) is 22.1. The van der Waals surface area contributed by atoms with E-state index in [2.05, 4.69) is 10.1 Å². The summed E-state index contributed by atoms with van der Waals surface area (Å²) in [6.07, 6.45) is 4.22. The van der Waals surface area contributed by atoms with Gasteiger partial charge in [0.05, 0.1) is 23.1 Å². The van der Waals surface area contributed by atoms with Crippen LogP contribution in [0.25, 0.3) is 16.9 Å². The molecule has 2 aromatic heterocycles. The minimum atomic E-state index is -1.62. The zero-order chi connectivity index (χ0) is 29.5. The Morgan fingerprint density at radius 3 is 2.29 bits per heavy atom. The first-order chi connectivity index (χ1) is 20.2. The van der Waals surface area contributed by atoms with Crippen LogP contribution in [0.2, 0.25) is 0 Å². The Bertz CT molecular complexity index is 1650. The van der Waals surface area contributed by atoms with E-state index in [1.54, 1.807) is 28.1 Å². The summed E-state index contributed by atoms with van der Waals surface area (Å²) in [5, 5.41) is 4.33. The van der Waals surface area contributed by atoms with Crippen LogP contribution in [0.15, 0.2) is 60.9 Å². The number of anilines is 1. The third-order valence-electron chi connectivity index (χ3n) is 7.86. The van der Waals surface area contributed by atoms with Gasteiger partial charge in [0.1, 0.15) is 11.6 Å². The summed E-state index contributed by atoms with van der Waals surface area (Å²) in [4.78, 5) is 33.7. The molecule has 12 heteroatoms. The number of likely N-dealkylation sites (tertiary alicyclic amines) is 1. The number of piperidine rings is 1. The molecule has 1 atom stereocenters. The summed E-state index contributed by atoms with van der Waals surface area (Å²) in [5.74, 6) is -6.46. The number of halogens is 5. The molecule has 0 saturated carbocycles. The van der Waals surface area contributed by atoms with Gasteiger partial charge in [0, 0.05) is 62.2 Å². The van der Waals surface area contributed by atoms with Crippen molar-refractivity contribution >= 4 is 17.4 Å². The van der Waals surface area contributed by atoms with Crippen LogP contribution in [0.4, 0.5) is 27.6 Å². The van der Waals surface area contributed by atoms with Crippen LogP contribution in [0.5, 0.6) is 0 Å². The van der Waals surface area contributed by atoms with Gasteiger partial charge in [-0.1, -0.05) is 0 Å². The molecule has 1 amide bonds. The Kier molecular flexibility index (Phi) is 7.21. The van der Waals surface area contributed by atoms with Gasteiger partial charge in [-0.25, -0.2) is 26.6 Å². The average Bonchev–Trinajstić information content (AvgIpc) is 3.60. The van der Waals surface area contributed by atoms with E-state index >= 15 is 0 Å². The predicted molar refractivity (Wildman–Crippen MR) is 142 cm³/mol. The second kappa shape index (κ2) is 11.0. The number of Topliss-reactive ketones (excluding diaryl/α,β-unsaturated/α-hetero) is 1. The molecule has 2 aliphatic heterocycles. The number of carbonyl (C=O) groups is 2. The smallest absolute Gasteiger partial charge is 0.274 e. The molecule has 2 aliphatic rings. The van der Waals surface area contributed by atoms with Crippen molar-refractivity contribution in [2.24, 2.45) is 5.92 Å². The highest BCUT2D eigenvalue weighted by molar-refractivity contribution is 5.94. The number of amides is 1. The Morgan fingerprint density at radius 2 is 1.62 bits per heavy atom. The number of ketones is 1. The molecule has 7 nitrogen and oxygen atoms in total. The molecular weight excluding hydrogens is 557 g/mol. The van der Waals surface area contributed by atoms with Crippen molar-refractivity contribution in [3.05, 3.63) is 95.7 Å². The Balaban J connectivity index is 1.24. The van der Waals surface area contributed by atoms with Crippen LogP contribution in [0, 0.1) is 35.0 Å². The Morgan fingerprint density at radius 1 is 0.881 bits per heavy atom. The normalized spacial score (nSPS) is 17.7. The topological polar surface area (TPSA) is 71.3 Å². The van der Waals surface area contributed by atoms with Crippen molar-refractivity contribution in [2.75, 3.05) is 24.5 Å². The number of aromatic nitrogens is 3. The van der Waals surface area contributed by atoms with E-state index in [-0.39, 0.29) is 35.2 Å². The van der Waals surface area contributed by atoms with Crippen LogP contribution < -0.4 is 4.90 Å². The first-order valence-corrected chi connectivity index (χ1v) is 13.4. The van der Waals surface area contributed by atoms with E-state index in [9.17, 15) is 31.5 Å². The molecule has 216 valence electrons. The lowest BCUT2D eigenvalue weighted by molar-refractivity contribution is -0.119. The zero-order valence-corrected chi connectivity index (χ0v) is 22.1. The van der Waals surface area contributed by atoms with Crippen molar-refractivity contribution in [1.29, 1.82) is 0 Å². The summed E-state index contributed by atoms with van der Waals surface area (Å²) in [5.41, 5.74) is 0.897. The number of hydrogen-bond donors (Lipinski definition) is 0. The molecule has 0 N–H and O–H groups in total. The maximum atomic E-state index is 14.6. The van der Waals surface area contributed by atoms with Gasteiger partial charge < -0.3 is 9.80 Å². The highest BCUT2D eigenvalue weighted by atomic mass is 19.2. The molecular formula is C30H24F5N5O2. The van der Waals surface area contributed by atoms with Crippen LogP contribution >= 0.6 is 0 Å². The van der Waals surface area contributed by atoms with E-state index in [0.29, 0.717) is 43.7 Å². The van der Waals surface area contributed by atoms with Crippen molar-refractivity contribution in [2.45, 2.75) is 25.3 Å². The minimum absolute atomic E-state index is 0.00407. The first-order valence-electron chi connectivity index (χ1n) is 13.4. The van der Waals surface area contributed by atoms with Gasteiger partial charge >= 0.3 is 0 Å². The van der Waals surface area contributed by atoms with Crippen molar-refractivity contribution in [3.63, 3.8) is 0 Å². The lowest BCUT2D eigenvalue weighted by Gasteiger charge is -2.38. The molecule has 2 aromatic carbocycles. The molecule has 42 heavy (non-hydrogen) atoms. The molecule has 2 saturated heterocycles. The van der Waals surface area contributed by atoms with Gasteiger partial charge in [0.25, 0.3) is 5.91 Å². The SMILES string of the molecule is O=C1CCN(c2ccc(F)cc2F)C1C1CCN(C(=O)c2cc(-c3cccnc3)n(-c3cc(F)c(F)c(F)c3)n2)CC1. The van der Waals surface area contributed by atoms with Gasteiger partial charge in [-0.15, -0.1) is 0 Å². The van der Waals surface area contributed by atoms with E-state index in [1.165, 1.54) is 18.3 Å². The average molecular weight is 582 g/mol. The molecule has 0 aliphatic carbocycles. The second-order valence-corrected chi connectivity index (χ2v) is 10.4. The van der Waals surface area contributed by atoms with Crippen LogP contribution in [-0.4, -0.2) is 57.0 Å². The Hall–Kier alpha value is -4.61.